The second kappa shape index (κ2) is 6.29. The van der Waals surface area contributed by atoms with Crippen molar-refractivity contribution in [2.24, 2.45) is 10.8 Å². The molecular weight excluding hydrogens is 328 g/mol. The Morgan fingerprint density at radius 2 is 1.92 bits per heavy atom. The van der Waals surface area contributed by atoms with Crippen LogP contribution >= 0.6 is 0 Å². The van der Waals surface area contributed by atoms with Crippen LogP contribution in [0.5, 0.6) is 5.75 Å². The summed E-state index contributed by atoms with van der Waals surface area (Å²) in [5, 5.41) is 0. The predicted molar refractivity (Wildman–Crippen MR) is 98.6 cm³/mol. The first-order valence-corrected chi connectivity index (χ1v) is 9.63. The monoisotopic (exact) mass is 356 g/mol. The van der Waals surface area contributed by atoms with E-state index in [1.807, 2.05) is 34.1 Å². The Kier molecular flexibility index (Phi) is 4.20. The summed E-state index contributed by atoms with van der Waals surface area (Å²) in [6.07, 6.45) is 4.56. The molecule has 0 aromatic heterocycles. The molecule has 0 bridgehead atoms. The number of carbonyl (C=O) groups is 2. The van der Waals surface area contributed by atoms with Crippen LogP contribution in [0.3, 0.4) is 0 Å². The van der Waals surface area contributed by atoms with Crippen LogP contribution in [-0.2, 0) is 16.1 Å². The van der Waals surface area contributed by atoms with Crippen molar-refractivity contribution in [3.05, 3.63) is 29.8 Å². The van der Waals surface area contributed by atoms with Crippen molar-refractivity contribution in [3.8, 4) is 5.75 Å². The van der Waals surface area contributed by atoms with Crippen LogP contribution in [0.15, 0.2) is 24.3 Å². The second-order valence-electron chi connectivity index (χ2n) is 8.63. The van der Waals surface area contributed by atoms with Crippen LogP contribution in [0, 0.1) is 10.8 Å². The first-order chi connectivity index (χ1) is 12.4. The van der Waals surface area contributed by atoms with Crippen molar-refractivity contribution in [2.45, 2.75) is 45.6 Å². The Morgan fingerprint density at radius 1 is 1.19 bits per heavy atom. The molecule has 2 heterocycles. The summed E-state index contributed by atoms with van der Waals surface area (Å²) in [6.45, 7) is 5.12. The summed E-state index contributed by atoms with van der Waals surface area (Å²) in [7, 11) is 1.66. The first-order valence-electron chi connectivity index (χ1n) is 9.63. The minimum atomic E-state index is -0.0889. The van der Waals surface area contributed by atoms with Crippen molar-refractivity contribution in [2.75, 3.05) is 26.7 Å². The zero-order chi connectivity index (χ0) is 18.4. The number of carbonyl (C=O) groups excluding carboxylic acids is 2. The molecule has 3 aliphatic rings. The minimum Gasteiger partial charge on any atom is -0.497 e. The molecule has 0 radical (unpaired) electrons. The van der Waals surface area contributed by atoms with E-state index in [1.165, 1.54) is 0 Å². The third-order valence-electron chi connectivity index (χ3n) is 6.54. The largest absolute Gasteiger partial charge is 0.497 e. The maximum Gasteiger partial charge on any atom is 0.228 e. The molecule has 1 spiro atoms. The molecule has 0 unspecified atom stereocenters. The van der Waals surface area contributed by atoms with E-state index in [4.69, 9.17) is 4.74 Å². The van der Waals surface area contributed by atoms with E-state index in [0.29, 0.717) is 18.9 Å². The summed E-state index contributed by atoms with van der Waals surface area (Å²) in [5.41, 5.74) is 1.06. The van der Waals surface area contributed by atoms with E-state index in [1.54, 1.807) is 7.11 Å². The molecule has 1 aromatic rings. The highest BCUT2D eigenvalue weighted by molar-refractivity contribution is 5.85. The van der Waals surface area contributed by atoms with E-state index in [0.717, 1.165) is 56.6 Å². The molecule has 140 valence electrons. The smallest absolute Gasteiger partial charge is 0.228 e. The topological polar surface area (TPSA) is 49.9 Å². The number of piperidine rings is 1. The van der Waals surface area contributed by atoms with Crippen LogP contribution in [0.4, 0.5) is 0 Å². The molecule has 2 aliphatic heterocycles. The van der Waals surface area contributed by atoms with Gasteiger partial charge in [0.2, 0.25) is 11.8 Å². The average Bonchev–Trinajstić information content (AvgIpc) is 3.33. The molecule has 5 heteroatoms. The summed E-state index contributed by atoms with van der Waals surface area (Å²) in [5.74, 6) is 1.39. The first kappa shape index (κ1) is 17.4. The number of nitrogens with zero attached hydrogens (tertiary/aromatic N) is 2. The quantitative estimate of drug-likeness (QED) is 0.833. The Hall–Kier alpha value is -2.04. The summed E-state index contributed by atoms with van der Waals surface area (Å²) >= 11 is 0. The van der Waals surface area contributed by atoms with Crippen LogP contribution in [-0.4, -0.2) is 48.4 Å². The maximum atomic E-state index is 12.6. The molecule has 5 nitrogen and oxygen atoms in total. The summed E-state index contributed by atoms with van der Waals surface area (Å²) in [6, 6.07) is 7.92. The third kappa shape index (κ3) is 3.19. The van der Waals surface area contributed by atoms with Gasteiger partial charge < -0.3 is 14.5 Å². The third-order valence-corrected chi connectivity index (χ3v) is 6.54. The highest BCUT2D eigenvalue weighted by Gasteiger charge is 2.50. The number of likely N-dealkylation sites (tertiary alicyclic amines) is 2. The summed E-state index contributed by atoms with van der Waals surface area (Å²) in [4.78, 5) is 29.2. The van der Waals surface area contributed by atoms with Gasteiger partial charge in [-0.2, -0.15) is 0 Å². The van der Waals surface area contributed by atoms with Gasteiger partial charge in [-0.05, 0) is 43.4 Å². The van der Waals surface area contributed by atoms with Gasteiger partial charge >= 0.3 is 0 Å². The van der Waals surface area contributed by atoms with Gasteiger partial charge in [-0.1, -0.05) is 19.1 Å². The lowest BCUT2D eigenvalue weighted by atomic mass is 9.77. The van der Waals surface area contributed by atoms with Gasteiger partial charge in [-0.3, -0.25) is 9.59 Å². The van der Waals surface area contributed by atoms with E-state index in [-0.39, 0.29) is 16.7 Å². The van der Waals surface area contributed by atoms with Gasteiger partial charge in [0, 0.05) is 43.4 Å². The van der Waals surface area contributed by atoms with Gasteiger partial charge in [0.1, 0.15) is 5.75 Å². The van der Waals surface area contributed by atoms with E-state index < -0.39 is 0 Å². The molecule has 3 fully saturated rings. The number of rotatable bonds is 4. The highest BCUT2D eigenvalue weighted by atomic mass is 16.5. The zero-order valence-electron chi connectivity index (χ0n) is 15.8. The fourth-order valence-electron chi connectivity index (χ4n) is 4.42. The SMILES string of the molecule is COc1cccc(CN2CC3(CCN(C(=O)C4(C)CC4)CC3)CC2=O)c1. The maximum absolute atomic E-state index is 12.6. The van der Waals surface area contributed by atoms with Crippen molar-refractivity contribution < 1.29 is 14.3 Å². The molecule has 1 aliphatic carbocycles. The molecule has 2 saturated heterocycles. The highest BCUT2D eigenvalue weighted by Crippen LogP contribution is 2.48. The van der Waals surface area contributed by atoms with Gasteiger partial charge in [-0.15, -0.1) is 0 Å². The molecule has 0 N–H and O–H groups in total. The van der Waals surface area contributed by atoms with Gasteiger partial charge in [0.05, 0.1) is 7.11 Å². The average molecular weight is 356 g/mol. The molecule has 1 aromatic carbocycles. The van der Waals surface area contributed by atoms with Crippen LogP contribution in [0.25, 0.3) is 0 Å². The lowest BCUT2D eigenvalue weighted by Gasteiger charge is -2.39. The Bertz CT molecular complexity index is 718. The standard InChI is InChI=1S/C21H28N2O3/c1-20(6-7-20)19(25)22-10-8-21(9-11-22)13-18(24)23(15-21)14-16-4-3-5-17(12-16)26-2/h3-5,12H,6-11,13-15H2,1-2H3. The van der Waals surface area contributed by atoms with Crippen molar-refractivity contribution in [1.82, 2.24) is 9.80 Å². The van der Waals surface area contributed by atoms with Crippen LogP contribution in [0.1, 0.15) is 44.6 Å². The number of amides is 2. The van der Waals surface area contributed by atoms with Crippen LogP contribution in [0.2, 0.25) is 0 Å². The molecule has 4 rings (SSSR count). The molecule has 1 saturated carbocycles. The second-order valence-corrected chi connectivity index (χ2v) is 8.63. The lowest BCUT2D eigenvalue weighted by molar-refractivity contribution is -0.138. The van der Waals surface area contributed by atoms with Gasteiger partial charge in [-0.25, -0.2) is 0 Å². The minimum absolute atomic E-state index is 0.0528. The molecular formula is C21H28N2O3. The van der Waals surface area contributed by atoms with Gasteiger partial charge in [0.25, 0.3) is 0 Å². The van der Waals surface area contributed by atoms with E-state index >= 15 is 0 Å². The van der Waals surface area contributed by atoms with Crippen LogP contribution < -0.4 is 4.74 Å². The fraction of sp³-hybridized carbons (Fsp3) is 0.619. The number of methoxy groups -OCH3 is 1. The van der Waals surface area contributed by atoms with E-state index in [2.05, 4.69) is 6.92 Å². The molecule has 26 heavy (non-hydrogen) atoms. The molecule has 2 amide bonds. The molecule has 0 atom stereocenters. The Morgan fingerprint density at radius 3 is 2.58 bits per heavy atom. The van der Waals surface area contributed by atoms with Gasteiger partial charge in [0.15, 0.2) is 0 Å². The Balaban J connectivity index is 1.37. The predicted octanol–water partition coefficient (Wildman–Crippen LogP) is 2.84. The normalized spacial score (nSPS) is 23.4. The summed E-state index contributed by atoms with van der Waals surface area (Å²) < 4.78 is 5.28. The number of ether oxygens (including phenoxy) is 1. The fourth-order valence-corrected chi connectivity index (χ4v) is 4.42. The number of hydrogen-bond acceptors (Lipinski definition) is 3. The zero-order valence-corrected chi connectivity index (χ0v) is 15.8. The number of hydrogen-bond donors (Lipinski definition) is 0. The number of benzene rings is 1. The van der Waals surface area contributed by atoms with Crippen molar-refractivity contribution in [3.63, 3.8) is 0 Å². The van der Waals surface area contributed by atoms with Crippen molar-refractivity contribution in [1.29, 1.82) is 0 Å². The lowest BCUT2D eigenvalue weighted by Crippen LogP contribution is -2.46. The van der Waals surface area contributed by atoms with Crippen molar-refractivity contribution >= 4 is 11.8 Å². The Labute approximate surface area is 155 Å². The van der Waals surface area contributed by atoms with E-state index in [9.17, 15) is 9.59 Å².